The minimum Gasteiger partial charge on any atom is -0.396 e. The summed E-state index contributed by atoms with van der Waals surface area (Å²) in [7, 11) is 2.07. The van der Waals surface area contributed by atoms with Gasteiger partial charge in [0.25, 0.3) is 0 Å². The average molecular weight is 267 g/mol. The normalized spacial score (nSPS) is 21.4. The highest BCUT2D eigenvalue weighted by Crippen LogP contribution is 2.18. The van der Waals surface area contributed by atoms with Gasteiger partial charge in [0.05, 0.1) is 13.2 Å². The number of hydrogen-bond acceptors (Lipinski definition) is 4. The fourth-order valence-corrected chi connectivity index (χ4v) is 2.39. The third kappa shape index (κ3) is 6.02. The van der Waals surface area contributed by atoms with Gasteiger partial charge >= 0.3 is 0 Å². The molecular weight excluding hydrogens is 240 g/mol. The molecule has 1 unspecified atom stereocenters. The lowest BCUT2D eigenvalue weighted by Gasteiger charge is -2.33. The molecular formula is C12H27ClN2O2. The summed E-state index contributed by atoms with van der Waals surface area (Å²) in [5, 5.41) is 21.9. The Bertz CT molecular complexity index is 195. The maximum absolute atomic E-state index is 9.24. The summed E-state index contributed by atoms with van der Waals surface area (Å²) in [6.07, 6.45) is 2.54. The van der Waals surface area contributed by atoms with Crippen LogP contribution in [-0.4, -0.2) is 61.6 Å². The van der Waals surface area contributed by atoms with Crippen LogP contribution in [0.3, 0.4) is 0 Å². The number of hydrogen-bond donors (Lipinski definition) is 3. The van der Waals surface area contributed by atoms with E-state index in [0.29, 0.717) is 5.92 Å². The van der Waals surface area contributed by atoms with E-state index in [1.54, 1.807) is 0 Å². The molecule has 3 N–H and O–H groups in total. The van der Waals surface area contributed by atoms with Crippen molar-refractivity contribution in [1.82, 2.24) is 10.2 Å². The molecule has 0 amide bonds. The van der Waals surface area contributed by atoms with Crippen molar-refractivity contribution in [2.45, 2.75) is 19.8 Å². The van der Waals surface area contributed by atoms with E-state index in [1.165, 1.54) is 12.8 Å². The van der Waals surface area contributed by atoms with Gasteiger partial charge in [-0.3, -0.25) is 0 Å². The Morgan fingerprint density at radius 1 is 1.35 bits per heavy atom. The largest absolute Gasteiger partial charge is 0.396 e. The van der Waals surface area contributed by atoms with Crippen LogP contribution in [-0.2, 0) is 0 Å². The van der Waals surface area contributed by atoms with Crippen molar-refractivity contribution in [3.05, 3.63) is 0 Å². The number of rotatable bonds is 6. The van der Waals surface area contributed by atoms with Gasteiger partial charge in [-0.2, -0.15) is 0 Å². The van der Waals surface area contributed by atoms with E-state index < -0.39 is 0 Å². The van der Waals surface area contributed by atoms with E-state index in [4.69, 9.17) is 0 Å². The van der Waals surface area contributed by atoms with Crippen LogP contribution in [0.1, 0.15) is 19.8 Å². The maximum atomic E-state index is 9.24. The summed E-state index contributed by atoms with van der Waals surface area (Å²) in [5.41, 5.74) is -0.378. The molecule has 104 valence electrons. The first-order chi connectivity index (χ1) is 7.59. The van der Waals surface area contributed by atoms with E-state index in [-0.39, 0.29) is 31.0 Å². The van der Waals surface area contributed by atoms with Gasteiger partial charge in [-0.25, -0.2) is 0 Å². The molecule has 0 aromatic rings. The summed E-state index contributed by atoms with van der Waals surface area (Å²) >= 11 is 0. The summed E-state index contributed by atoms with van der Waals surface area (Å²) in [4.78, 5) is 2.23. The van der Waals surface area contributed by atoms with Gasteiger partial charge in [0.15, 0.2) is 0 Å². The quantitative estimate of drug-likeness (QED) is 0.649. The molecule has 0 aromatic carbocycles. The van der Waals surface area contributed by atoms with E-state index in [0.717, 1.165) is 26.2 Å². The first-order valence-electron chi connectivity index (χ1n) is 6.20. The van der Waals surface area contributed by atoms with E-state index in [9.17, 15) is 10.2 Å². The second kappa shape index (κ2) is 8.27. The minimum absolute atomic E-state index is 0. The third-order valence-electron chi connectivity index (χ3n) is 3.38. The Morgan fingerprint density at radius 3 is 2.47 bits per heavy atom. The van der Waals surface area contributed by atoms with Crippen LogP contribution < -0.4 is 5.32 Å². The Kier molecular flexibility index (Phi) is 8.33. The molecule has 0 saturated carbocycles. The van der Waals surface area contributed by atoms with Crippen LogP contribution in [0.4, 0.5) is 0 Å². The van der Waals surface area contributed by atoms with E-state index in [1.807, 2.05) is 6.92 Å². The lowest BCUT2D eigenvalue weighted by molar-refractivity contribution is 0.0373. The molecule has 4 nitrogen and oxygen atoms in total. The lowest BCUT2D eigenvalue weighted by atomic mass is 9.91. The smallest absolute Gasteiger partial charge is 0.0519 e. The van der Waals surface area contributed by atoms with Crippen molar-refractivity contribution in [3.63, 3.8) is 0 Å². The standard InChI is InChI=1S/C12H26N2O2.ClH/c1-12(9-15,10-16)8-14(2)7-11-4-3-5-13-6-11;/h11,13,15-16H,3-10H2,1-2H3;1H. The van der Waals surface area contributed by atoms with Crippen LogP contribution in [0.2, 0.25) is 0 Å². The van der Waals surface area contributed by atoms with Crippen molar-refractivity contribution in [2.75, 3.05) is 46.4 Å². The number of nitrogens with one attached hydrogen (secondary N) is 1. The average Bonchev–Trinajstić information content (AvgIpc) is 2.30. The van der Waals surface area contributed by atoms with Gasteiger partial charge in [-0.1, -0.05) is 6.92 Å². The molecule has 0 spiro atoms. The molecule has 1 atom stereocenters. The maximum Gasteiger partial charge on any atom is 0.0519 e. The molecule has 0 aromatic heterocycles. The first-order valence-corrected chi connectivity index (χ1v) is 6.20. The SMILES string of the molecule is CN(CC1CCCNC1)CC(C)(CO)CO.Cl. The molecule has 1 aliphatic rings. The molecule has 1 fully saturated rings. The first kappa shape index (κ1) is 17.1. The highest BCUT2D eigenvalue weighted by Gasteiger charge is 2.25. The number of aliphatic hydroxyl groups excluding tert-OH is 2. The van der Waals surface area contributed by atoms with Crippen LogP contribution in [0.5, 0.6) is 0 Å². The molecule has 5 heteroatoms. The topological polar surface area (TPSA) is 55.7 Å². The molecule has 1 aliphatic heterocycles. The number of nitrogens with zero attached hydrogens (tertiary/aromatic N) is 1. The predicted molar refractivity (Wildman–Crippen MR) is 72.6 cm³/mol. The molecule has 1 heterocycles. The van der Waals surface area contributed by atoms with Crippen LogP contribution >= 0.6 is 12.4 Å². The van der Waals surface area contributed by atoms with Gasteiger partial charge < -0.3 is 20.4 Å². The third-order valence-corrected chi connectivity index (χ3v) is 3.38. The van der Waals surface area contributed by atoms with Gasteiger partial charge in [-0.05, 0) is 38.9 Å². The highest BCUT2D eigenvalue weighted by atomic mass is 35.5. The monoisotopic (exact) mass is 266 g/mol. The van der Waals surface area contributed by atoms with E-state index in [2.05, 4.69) is 17.3 Å². The van der Waals surface area contributed by atoms with Crippen molar-refractivity contribution in [1.29, 1.82) is 0 Å². The fourth-order valence-electron chi connectivity index (χ4n) is 2.39. The Hall–Kier alpha value is 0.130. The van der Waals surface area contributed by atoms with Gasteiger partial charge in [0.1, 0.15) is 0 Å². The molecule has 1 rings (SSSR count). The van der Waals surface area contributed by atoms with Gasteiger partial charge in [0, 0.05) is 18.5 Å². The Balaban J connectivity index is 0.00000256. The zero-order valence-electron chi connectivity index (χ0n) is 11.0. The Morgan fingerprint density at radius 2 is 2.00 bits per heavy atom. The van der Waals surface area contributed by atoms with Gasteiger partial charge in [0.2, 0.25) is 0 Å². The van der Waals surface area contributed by atoms with Crippen molar-refractivity contribution < 1.29 is 10.2 Å². The highest BCUT2D eigenvalue weighted by molar-refractivity contribution is 5.85. The van der Waals surface area contributed by atoms with Crippen molar-refractivity contribution >= 4 is 12.4 Å². The zero-order chi connectivity index (χ0) is 12.0. The molecule has 0 aliphatic carbocycles. The number of halogens is 1. The predicted octanol–water partition coefficient (Wildman–Crippen LogP) is 0.330. The van der Waals surface area contributed by atoms with Gasteiger partial charge in [-0.15, -0.1) is 12.4 Å². The van der Waals surface area contributed by atoms with Crippen LogP contribution in [0.25, 0.3) is 0 Å². The van der Waals surface area contributed by atoms with E-state index >= 15 is 0 Å². The van der Waals surface area contributed by atoms with Crippen LogP contribution in [0, 0.1) is 11.3 Å². The summed E-state index contributed by atoms with van der Waals surface area (Å²) in [6.45, 7) is 6.03. The van der Waals surface area contributed by atoms with Crippen LogP contribution in [0.15, 0.2) is 0 Å². The minimum atomic E-state index is -0.378. The van der Waals surface area contributed by atoms with Crippen molar-refractivity contribution in [2.24, 2.45) is 11.3 Å². The Labute approximate surface area is 111 Å². The summed E-state index contributed by atoms with van der Waals surface area (Å²) in [5.74, 6) is 0.709. The zero-order valence-corrected chi connectivity index (χ0v) is 11.8. The molecule has 17 heavy (non-hydrogen) atoms. The second-order valence-electron chi connectivity index (χ2n) is 5.54. The molecule has 0 radical (unpaired) electrons. The lowest BCUT2D eigenvalue weighted by Crippen LogP contribution is -2.43. The van der Waals surface area contributed by atoms with Crippen molar-refractivity contribution in [3.8, 4) is 0 Å². The second-order valence-corrected chi connectivity index (χ2v) is 5.54. The number of piperidine rings is 1. The summed E-state index contributed by atoms with van der Waals surface area (Å²) in [6, 6.07) is 0. The fraction of sp³-hybridized carbons (Fsp3) is 1.00. The summed E-state index contributed by atoms with van der Waals surface area (Å²) < 4.78 is 0. The molecule has 1 saturated heterocycles. The molecule has 0 bridgehead atoms. The number of aliphatic hydroxyl groups is 2.